The molecule has 1 saturated heterocycles. The van der Waals surface area contributed by atoms with Gasteiger partial charge in [0.2, 0.25) is 0 Å². The normalized spacial score (nSPS) is 14.1. The first-order valence-corrected chi connectivity index (χ1v) is 9.59. The molecule has 0 spiro atoms. The summed E-state index contributed by atoms with van der Waals surface area (Å²) in [5, 5.41) is 4.21. The van der Waals surface area contributed by atoms with E-state index in [1.54, 1.807) is 47.5 Å². The number of hydrogen-bond donors (Lipinski definition) is 0. The topological polar surface area (TPSA) is 58.4 Å². The Bertz CT molecular complexity index is 1100. The number of halogens is 2. The highest BCUT2D eigenvalue weighted by Gasteiger charge is 2.25. The second-order valence-electron chi connectivity index (χ2n) is 7.10. The van der Waals surface area contributed by atoms with Crippen LogP contribution in [0.2, 0.25) is 0 Å². The Labute approximate surface area is 172 Å². The molecule has 1 aliphatic heterocycles. The van der Waals surface area contributed by atoms with Gasteiger partial charge in [0.1, 0.15) is 17.3 Å². The average molecular weight is 410 g/mol. The Hall–Kier alpha value is -3.55. The zero-order valence-electron chi connectivity index (χ0n) is 16.4. The van der Waals surface area contributed by atoms with E-state index < -0.39 is 11.6 Å². The fraction of sp³-hybridized carbons (Fsp3) is 0.227. The van der Waals surface area contributed by atoms with Crippen molar-refractivity contribution in [2.75, 3.05) is 31.1 Å². The van der Waals surface area contributed by atoms with Gasteiger partial charge in [0, 0.05) is 37.9 Å². The molecule has 2 heterocycles. The highest BCUT2D eigenvalue weighted by molar-refractivity contribution is 5.94. The van der Waals surface area contributed by atoms with Gasteiger partial charge in [0.25, 0.3) is 5.91 Å². The summed E-state index contributed by atoms with van der Waals surface area (Å²) in [6, 6.07) is 12.2. The summed E-state index contributed by atoms with van der Waals surface area (Å²) in [7, 11) is 0. The van der Waals surface area contributed by atoms with Crippen molar-refractivity contribution in [3.63, 3.8) is 0 Å². The van der Waals surface area contributed by atoms with E-state index in [1.165, 1.54) is 23.7 Å². The van der Waals surface area contributed by atoms with E-state index in [9.17, 15) is 18.4 Å². The number of benzene rings is 2. The van der Waals surface area contributed by atoms with Crippen molar-refractivity contribution < 1.29 is 18.4 Å². The Morgan fingerprint density at radius 2 is 1.63 bits per heavy atom. The van der Waals surface area contributed by atoms with Crippen molar-refractivity contribution in [2.24, 2.45) is 0 Å². The minimum atomic E-state index is -0.453. The van der Waals surface area contributed by atoms with Crippen LogP contribution in [0.3, 0.4) is 0 Å². The molecule has 1 fully saturated rings. The quantitative estimate of drug-likeness (QED) is 0.620. The molecule has 1 aliphatic rings. The molecule has 0 aliphatic carbocycles. The van der Waals surface area contributed by atoms with Gasteiger partial charge >= 0.3 is 0 Å². The van der Waals surface area contributed by atoms with Crippen LogP contribution in [0, 0.1) is 11.6 Å². The lowest BCUT2D eigenvalue weighted by Gasteiger charge is -2.36. The van der Waals surface area contributed by atoms with Gasteiger partial charge in [-0.15, -0.1) is 0 Å². The minimum Gasteiger partial charge on any atom is -0.366 e. The average Bonchev–Trinajstić information content (AvgIpc) is 3.23. The maximum atomic E-state index is 14.4. The van der Waals surface area contributed by atoms with E-state index in [1.807, 2.05) is 4.90 Å². The van der Waals surface area contributed by atoms with Crippen LogP contribution >= 0.6 is 0 Å². The first-order chi connectivity index (χ1) is 14.4. The van der Waals surface area contributed by atoms with Crippen molar-refractivity contribution in [3.8, 4) is 5.69 Å². The van der Waals surface area contributed by atoms with Gasteiger partial charge in [0.15, 0.2) is 11.5 Å². The maximum Gasteiger partial charge on any atom is 0.274 e. The molecule has 2 aromatic carbocycles. The fourth-order valence-corrected chi connectivity index (χ4v) is 3.50. The van der Waals surface area contributed by atoms with Crippen LogP contribution in [-0.4, -0.2) is 52.5 Å². The Kier molecular flexibility index (Phi) is 5.31. The number of Topliss-reactive ketones (excluding diaryl/α,β-unsaturated/α-hetero) is 1. The number of amides is 1. The Morgan fingerprint density at radius 3 is 2.30 bits per heavy atom. The number of ketones is 1. The molecule has 6 nitrogen and oxygen atoms in total. The Balaban J connectivity index is 1.43. The third-order valence-electron chi connectivity index (χ3n) is 5.17. The molecule has 1 amide bonds. The number of carbonyl (C=O) groups is 2. The van der Waals surface area contributed by atoms with E-state index >= 15 is 0 Å². The molecule has 154 valence electrons. The number of nitrogens with zero attached hydrogens (tertiary/aromatic N) is 4. The van der Waals surface area contributed by atoms with E-state index in [2.05, 4.69) is 5.10 Å². The van der Waals surface area contributed by atoms with Crippen LogP contribution in [-0.2, 0) is 0 Å². The van der Waals surface area contributed by atoms with E-state index in [0.29, 0.717) is 37.4 Å². The second-order valence-corrected chi connectivity index (χ2v) is 7.10. The molecule has 3 aromatic rings. The van der Waals surface area contributed by atoms with Crippen LogP contribution in [0.25, 0.3) is 5.69 Å². The number of aromatic nitrogens is 2. The maximum absolute atomic E-state index is 14.4. The summed E-state index contributed by atoms with van der Waals surface area (Å²) in [4.78, 5) is 27.7. The van der Waals surface area contributed by atoms with Crippen LogP contribution in [0.5, 0.6) is 0 Å². The first kappa shape index (κ1) is 19.8. The largest absolute Gasteiger partial charge is 0.366 e. The van der Waals surface area contributed by atoms with Crippen LogP contribution in [0.4, 0.5) is 14.5 Å². The van der Waals surface area contributed by atoms with Crippen LogP contribution in [0.15, 0.2) is 54.7 Å². The Morgan fingerprint density at radius 1 is 0.900 bits per heavy atom. The van der Waals surface area contributed by atoms with Crippen LogP contribution < -0.4 is 4.90 Å². The van der Waals surface area contributed by atoms with E-state index in [-0.39, 0.29) is 23.1 Å². The summed E-state index contributed by atoms with van der Waals surface area (Å²) >= 11 is 0. The molecule has 4 rings (SSSR count). The lowest BCUT2D eigenvalue weighted by molar-refractivity contribution is 0.0740. The number of rotatable bonds is 4. The molecule has 0 unspecified atom stereocenters. The fourth-order valence-electron chi connectivity index (χ4n) is 3.50. The number of anilines is 1. The SMILES string of the molecule is CC(=O)c1ccc(N2CCN(C(=O)c3ccn(-c4ccccc4F)n3)CC2)c(F)c1. The van der Waals surface area contributed by atoms with E-state index in [4.69, 9.17) is 0 Å². The predicted octanol–water partition coefficient (Wildman–Crippen LogP) is 3.32. The summed E-state index contributed by atoms with van der Waals surface area (Å²) in [5.41, 5.74) is 1.24. The summed E-state index contributed by atoms with van der Waals surface area (Å²) in [5.74, 6) is -1.32. The lowest BCUT2D eigenvalue weighted by atomic mass is 10.1. The van der Waals surface area contributed by atoms with Gasteiger partial charge in [-0.2, -0.15) is 5.10 Å². The number of para-hydroxylation sites is 1. The summed E-state index contributed by atoms with van der Waals surface area (Å²) in [6.07, 6.45) is 1.55. The first-order valence-electron chi connectivity index (χ1n) is 9.59. The highest BCUT2D eigenvalue weighted by Crippen LogP contribution is 2.23. The molecular weight excluding hydrogens is 390 g/mol. The molecule has 8 heteroatoms. The highest BCUT2D eigenvalue weighted by atomic mass is 19.1. The molecule has 0 saturated carbocycles. The molecule has 30 heavy (non-hydrogen) atoms. The van der Waals surface area contributed by atoms with Crippen molar-refractivity contribution in [2.45, 2.75) is 6.92 Å². The van der Waals surface area contributed by atoms with Gasteiger partial charge in [-0.05, 0) is 43.3 Å². The predicted molar refractivity (Wildman–Crippen MR) is 108 cm³/mol. The second kappa shape index (κ2) is 8.06. The minimum absolute atomic E-state index is 0.189. The molecule has 0 N–H and O–H groups in total. The van der Waals surface area contributed by atoms with Gasteiger partial charge in [-0.1, -0.05) is 12.1 Å². The standard InChI is InChI=1S/C22H20F2N4O2/c1-15(29)16-6-7-20(18(24)14-16)26-10-12-27(13-11-26)22(30)19-8-9-28(25-19)21-5-3-2-4-17(21)23/h2-9,14H,10-13H2,1H3. The van der Waals surface area contributed by atoms with Gasteiger partial charge < -0.3 is 9.80 Å². The monoisotopic (exact) mass is 410 g/mol. The molecule has 1 aromatic heterocycles. The third-order valence-corrected chi connectivity index (χ3v) is 5.17. The van der Waals surface area contributed by atoms with Crippen molar-refractivity contribution in [1.29, 1.82) is 0 Å². The molecule has 0 bridgehead atoms. The summed E-state index contributed by atoms with van der Waals surface area (Å²) < 4.78 is 29.7. The molecular formula is C22H20F2N4O2. The van der Waals surface area contributed by atoms with Gasteiger partial charge in [0.05, 0.1) is 5.69 Å². The number of hydrogen-bond acceptors (Lipinski definition) is 4. The van der Waals surface area contributed by atoms with Crippen molar-refractivity contribution >= 4 is 17.4 Å². The van der Waals surface area contributed by atoms with Crippen molar-refractivity contribution in [1.82, 2.24) is 14.7 Å². The zero-order valence-corrected chi connectivity index (χ0v) is 16.4. The zero-order chi connectivity index (χ0) is 21.3. The summed E-state index contributed by atoms with van der Waals surface area (Å²) in [6.45, 7) is 3.11. The molecule has 0 radical (unpaired) electrons. The molecule has 0 atom stereocenters. The number of carbonyl (C=O) groups excluding carboxylic acids is 2. The van der Waals surface area contributed by atoms with Crippen molar-refractivity contribution in [3.05, 3.63) is 77.6 Å². The van der Waals surface area contributed by atoms with Gasteiger partial charge in [-0.3, -0.25) is 9.59 Å². The van der Waals surface area contributed by atoms with Crippen LogP contribution in [0.1, 0.15) is 27.8 Å². The third kappa shape index (κ3) is 3.80. The smallest absolute Gasteiger partial charge is 0.274 e. The van der Waals surface area contributed by atoms with E-state index in [0.717, 1.165) is 0 Å². The lowest BCUT2D eigenvalue weighted by Crippen LogP contribution is -2.49. The number of piperazine rings is 1. The van der Waals surface area contributed by atoms with Gasteiger partial charge in [-0.25, -0.2) is 13.5 Å².